The standard InChI is InChI=1S/C22H26ClN3O3/c1-22(2,3)29-21(28)24-17-10-8-16(9-11-17)20(27)26-14-12-25(13-15-26)19-7-5-4-6-18(19)23/h4-11H,12-15H2,1-3H3,(H,24,28). The first-order valence-corrected chi connectivity index (χ1v) is 9.99. The van der Waals surface area contributed by atoms with Crippen LogP contribution in [0, 0.1) is 0 Å². The quantitative estimate of drug-likeness (QED) is 0.792. The SMILES string of the molecule is CC(C)(C)OC(=O)Nc1ccc(C(=O)N2CCN(c3ccccc3Cl)CC2)cc1. The maximum absolute atomic E-state index is 12.8. The zero-order valence-electron chi connectivity index (χ0n) is 16.9. The van der Waals surface area contributed by atoms with Crippen LogP contribution in [-0.4, -0.2) is 48.7 Å². The number of carbonyl (C=O) groups excluding carboxylic acids is 2. The first-order chi connectivity index (χ1) is 13.7. The number of nitrogens with zero attached hydrogens (tertiary/aromatic N) is 2. The molecule has 6 nitrogen and oxygen atoms in total. The van der Waals surface area contributed by atoms with Gasteiger partial charge in [0.25, 0.3) is 5.91 Å². The Morgan fingerprint density at radius 1 is 0.966 bits per heavy atom. The van der Waals surface area contributed by atoms with Gasteiger partial charge in [-0.2, -0.15) is 0 Å². The molecule has 2 aromatic carbocycles. The van der Waals surface area contributed by atoms with Crippen molar-refractivity contribution < 1.29 is 14.3 Å². The lowest BCUT2D eigenvalue weighted by molar-refractivity contribution is 0.0635. The summed E-state index contributed by atoms with van der Waals surface area (Å²) in [5.41, 5.74) is 1.61. The maximum atomic E-state index is 12.8. The minimum atomic E-state index is -0.563. The van der Waals surface area contributed by atoms with Gasteiger partial charge in [0, 0.05) is 37.4 Å². The fraction of sp³-hybridized carbons (Fsp3) is 0.364. The van der Waals surface area contributed by atoms with Crippen molar-refractivity contribution >= 4 is 35.0 Å². The molecule has 1 fully saturated rings. The first kappa shape index (κ1) is 21.0. The Bertz CT molecular complexity index is 870. The summed E-state index contributed by atoms with van der Waals surface area (Å²) >= 11 is 6.28. The molecule has 0 unspecified atom stereocenters. The molecule has 7 heteroatoms. The molecule has 0 aliphatic carbocycles. The van der Waals surface area contributed by atoms with Crippen LogP contribution in [0.4, 0.5) is 16.2 Å². The highest BCUT2D eigenvalue weighted by atomic mass is 35.5. The van der Waals surface area contributed by atoms with Crippen molar-refractivity contribution in [3.05, 3.63) is 59.1 Å². The van der Waals surface area contributed by atoms with Gasteiger partial charge in [-0.15, -0.1) is 0 Å². The molecule has 3 rings (SSSR count). The molecule has 29 heavy (non-hydrogen) atoms. The Balaban J connectivity index is 1.56. The lowest BCUT2D eigenvalue weighted by atomic mass is 10.1. The average Bonchev–Trinajstić information content (AvgIpc) is 2.67. The number of hydrogen-bond acceptors (Lipinski definition) is 4. The normalized spacial score (nSPS) is 14.5. The summed E-state index contributed by atoms with van der Waals surface area (Å²) in [6.07, 6.45) is -0.521. The van der Waals surface area contributed by atoms with Gasteiger partial charge < -0.3 is 14.5 Å². The molecular formula is C22H26ClN3O3. The number of hydrogen-bond donors (Lipinski definition) is 1. The second-order valence-corrected chi connectivity index (χ2v) is 8.34. The van der Waals surface area contributed by atoms with Crippen molar-refractivity contribution in [1.29, 1.82) is 0 Å². The lowest BCUT2D eigenvalue weighted by Gasteiger charge is -2.36. The second-order valence-electron chi connectivity index (χ2n) is 7.93. The smallest absolute Gasteiger partial charge is 0.412 e. The monoisotopic (exact) mass is 415 g/mol. The number of nitrogens with one attached hydrogen (secondary N) is 1. The number of anilines is 2. The third-order valence-corrected chi connectivity index (χ3v) is 4.86. The number of amides is 2. The molecule has 2 aromatic rings. The molecule has 0 radical (unpaired) electrons. The van der Waals surface area contributed by atoms with Gasteiger partial charge in [-0.1, -0.05) is 23.7 Å². The van der Waals surface area contributed by atoms with Gasteiger partial charge in [0.15, 0.2) is 0 Å². The van der Waals surface area contributed by atoms with E-state index in [0.717, 1.165) is 23.8 Å². The summed E-state index contributed by atoms with van der Waals surface area (Å²) in [5, 5.41) is 3.39. The summed E-state index contributed by atoms with van der Waals surface area (Å²) in [7, 11) is 0. The number of halogens is 1. The molecule has 1 heterocycles. The lowest BCUT2D eigenvalue weighted by Crippen LogP contribution is -2.48. The zero-order chi connectivity index (χ0) is 21.0. The van der Waals surface area contributed by atoms with Crippen LogP contribution in [0.15, 0.2) is 48.5 Å². The highest BCUT2D eigenvalue weighted by Crippen LogP contribution is 2.26. The summed E-state index contributed by atoms with van der Waals surface area (Å²) in [6.45, 7) is 8.13. The summed E-state index contributed by atoms with van der Waals surface area (Å²) in [4.78, 5) is 28.7. The van der Waals surface area contributed by atoms with Crippen molar-refractivity contribution in [1.82, 2.24) is 4.90 Å². The third-order valence-electron chi connectivity index (χ3n) is 4.54. The van der Waals surface area contributed by atoms with E-state index in [4.69, 9.17) is 16.3 Å². The number of rotatable bonds is 3. The average molecular weight is 416 g/mol. The predicted octanol–water partition coefficient (Wildman–Crippen LogP) is 4.65. The van der Waals surface area contributed by atoms with Gasteiger partial charge in [0.1, 0.15) is 5.60 Å². The predicted molar refractivity (Wildman–Crippen MR) is 116 cm³/mol. The second kappa shape index (κ2) is 8.74. The van der Waals surface area contributed by atoms with E-state index in [0.29, 0.717) is 24.3 Å². The number of para-hydroxylation sites is 1. The van der Waals surface area contributed by atoms with Crippen LogP contribution in [0.25, 0.3) is 0 Å². The van der Waals surface area contributed by atoms with Crippen molar-refractivity contribution in [3.63, 3.8) is 0 Å². The van der Waals surface area contributed by atoms with E-state index in [1.54, 1.807) is 45.0 Å². The van der Waals surface area contributed by atoms with E-state index in [1.165, 1.54) is 0 Å². The van der Waals surface area contributed by atoms with Gasteiger partial charge in [-0.05, 0) is 57.2 Å². The highest BCUT2D eigenvalue weighted by Gasteiger charge is 2.23. The van der Waals surface area contributed by atoms with Crippen LogP contribution in [-0.2, 0) is 4.74 Å². The molecule has 0 bridgehead atoms. The molecule has 0 saturated carbocycles. The van der Waals surface area contributed by atoms with E-state index >= 15 is 0 Å². The van der Waals surface area contributed by atoms with E-state index in [2.05, 4.69) is 10.2 Å². The topological polar surface area (TPSA) is 61.9 Å². The Kier molecular flexibility index (Phi) is 6.33. The van der Waals surface area contributed by atoms with Gasteiger partial charge in [-0.25, -0.2) is 4.79 Å². The molecule has 1 aliphatic heterocycles. The van der Waals surface area contributed by atoms with Crippen LogP contribution < -0.4 is 10.2 Å². The maximum Gasteiger partial charge on any atom is 0.412 e. The Morgan fingerprint density at radius 3 is 2.17 bits per heavy atom. The van der Waals surface area contributed by atoms with Gasteiger partial charge in [0.05, 0.1) is 10.7 Å². The molecule has 0 atom stereocenters. The Hall–Kier alpha value is -2.73. The van der Waals surface area contributed by atoms with Crippen LogP contribution >= 0.6 is 11.6 Å². The van der Waals surface area contributed by atoms with Crippen LogP contribution in [0.5, 0.6) is 0 Å². The van der Waals surface area contributed by atoms with Crippen molar-refractivity contribution in [2.24, 2.45) is 0 Å². The van der Waals surface area contributed by atoms with Crippen LogP contribution in [0.2, 0.25) is 5.02 Å². The number of benzene rings is 2. The largest absolute Gasteiger partial charge is 0.444 e. The molecule has 2 amide bonds. The van der Waals surface area contributed by atoms with Crippen LogP contribution in [0.3, 0.4) is 0 Å². The number of ether oxygens (including phenoxy) is 1. The van der Waals surface area contributed by atoms with Crippen molar-refractivity contribution in [2.75, 3.05) is 36.4 Å². The zero-order valence-corrected chi connectivity index (χ0v) is 17.7. The number of piperazine rings is 1. The first-order valence-electron chi connectivity index (χ1n) is 9.62. The molecule has 154 valence electrons. The van der Waals surface area contributed by atoms with E-state index in [-0.39, 0.29) is 5.91 Å². The summed E-state index contributed by atoms with van der Waals surface area (Å²) < 4.78 is 5.23. The van der Waals surface area contributed by atoms with E-state index in [1.807, 2.05) is 29.2 Å². The molecule has 1 aliphatic rings. The van der Waals surface area contributed by atoms with Crippen molar-refractivity contribution in [2.45, 2.75) is 26.4 Å². The Labute approximate surface area is 176 Å². The highest BCUT2D eigenvalue weighted by molar-refractivity contribution is 6.33. The fourth-order valence-electron chi connectivity index (χ4n) is 3.16. The fourth-order valence-corrected chi connectivity index (χ4v) is 3.41. The van der Waals surface area contributed by atoms with Gasteiger partial charge in [0.2, 0.25) is 0 Å². The van der Waals surface area contributed by atoms with Crippen LogP contribution in [0.1, 0.15) is 31.1 Å². The Morgan fingerprint density at radius 2 is 1.59 bits per heavy atom. The van der Waals surface area contributed by atoms with Crippen molar-refractivity contribution in [3.8, 4) is 0 Å². The van der Waals surface area contributed by atoms with Gasteiger partial charge >= 0.3 is 6.09 Å². The molecular weight excluding hydrogens is 390 g/mol. The van der Waals surface area contributed by atoms with Gasteiger partial charge in [-0.3, -0.25) is 10.1 Å². The summed E-state index contributed by atoms with van der Waals surface area (Å²) in [6, 6.07) is 14.6. The molecule has 0 spiro atoms. The minimum absolute atomic E-state index is 0.0207. The number of carbonyl (C=O) groups is 2. The van der Waals surface area contributed by atoms with E-state index in [9.17, 15) is 9.59 Å². The third kappa shape index (κ3) is 5.64. The minimum Gasteiger partial charge on any atom is -0.444 e. The molecule has 1 N–H and O–H groups in total. The van der Waals surface area contributed by atoms with E-state index < -0.39 is 11.7 Å². The molecule has 1 saturated heterocycles. The molecule has 0 aromatic heterocycles. The summed E-state index contributed by atoms with van der Waals surface area (Å²) in [5.74, 6) is -0.0207.